The number of likely N-dealkylation sites (N-methyl/N-ethyl adjacent to an activating group) is 1. The number of nitrogens with zero attached hydrogens (tertiary/aromatic N) is 1. The Morgan fingerprint density at radius 1 is 0.356 bits per heavy atom. The van der Waals surface area contributed by atoms with Crippen LogP contribution < -0.4 is 0 Å². The second kappa shape index (κ2) is 68.8. The van der Waals surface area contributed by atoms with E-state index in [9.17, 15) is 19.0 Å². The Morgan fingerprint density at radius 3 is 0.908 bits per heavy atom. The van der Waals surface area contributed by atoms with Gasteiger partial charge in [0.05, 0.1) is 27.7 Å². The molecule has 9 nitrogen and oxygen atoms in total. The van der Waals surface area contributed by atoms with Gasteiger partial charge < -0.3 is 18.9 Å². The first-order valence-electron chi connectivity index (χ1n) is 38.6. The van der Waals surface area contributed by atoms with Gasteiger partial charge >= 0.3 is 19.8 Å². The van der Waals surface area contributed by atoms with Crippen molar-refractivity contribution in [3.63, 3.8) is 0 Å². The predicted molar refractivity (Wildman–Crippen MR) is 377 cm³/mol. The van der Waals surface area contributed by atoms with Crippen molar-refractivity contribution in [2.45, 2.75) is 412 Å². The van der Waals surface area contributed by atoms with Crippen molar-refractivity contribution in [1.29, 1.82) is 0 Å². The number of hydrogen-bond acceptors (Lipinski definition) is 7. The number of allylic oxidation sites excluding steroid dienone is 4. The molecule has 0 aliphatic heterocycles. The predicted octanol–water partition coefficient (Wildman–Crippen LogP) is 25.2. The van der Waals surface area contributed by atoms with Crippen LogP contribution in [-0.4, -0.2) is 74.9 Å². The zero-order valence-corrected chi connectivity index (χ0v) is 59.9. The maximum atomic E-state index is 12.9. The number of carbonyl (C=O) groups is 2. The lowest BCUT2D eigenvalue weighted by Gasteiger charge is -2.24. The monoisotopic (exact) mass is 1250 g/mol. The summed E-state index contributed by atoms with van der Waals surface area (Å²) < 4.78 is 34.8. The van der Waals surface area contributed by atoms with Gasteiger partial charge in [-0.05, 0) is 44.9 Å². The van der Waals surface area contributed by atoms with E-state index < -0.39 is 26.5 Å². The van der Waals surface area contributed by atoms with Crippen molar-refractivity contribution >= 4 is 19.8 Å². The molecular formula is C77H151NO8P+. The number of hydrogen-bond donors (Lipinski definition) is 1. The molecule has 0 aromatic rings. The normalized spacial score (nSPS) is 13.1. The smallest absolute Gasteiger partial charge is 0.462 e. The fraction of sp³-hybridized carbons (Fsp3) is 0.922. The lowest BCUT2D eigenvalue weighted by molar-refractivity contribution is -0.870. The van der Waals surface area contributed by atoms with Crippen molar-refractivity contribution in [3.05, 3.63) is 24.3 Å². The summed E-state index contributed by atoms with van der Waals surface area (Å²) in [7, 11) is 1.50. The number of phosphoric ester groups is 1. The Balaban J connectivity index is 3.93. The molecule has 2 atom stereocenters. The molecule has 0 aromatic carbocycles. The number of unbranched alkanes of at least 4 members (excludes halogenated alkanes) is 55. The summed E-state index contributed by atoms with van der Waals surface area (Å²) in [6.07, 6.45) is 87.5. The third kappa shape index (κ3) is 73.4. The summed E-state index contributed by atoms with van der Waals surface area (Å²) in [6.45, 7) is 4.51. The second-order valence-corrected chi connectivity index (χ2v) is 29.2. The van der Waals surface area contributed by atoms with Crippen LogP contribution in [-0.2, 0) is 32.7 Å². The molecule has 0 aliphatic rings. The first kappa shape index (κ1) is 85.5. The largest absolute Gasteiger partial charge is 0.472 e. The average Bonchev–Trinajstić information content (AvgIpc) is 3.62. The van der Waals surface area contributed by atoms with E-state index in [0.717, 1.165) is 38.5 Å². The highest BCUT2D eigenvalue weighted by atomic mass is 31.2. The Labute approximate surface area is 542 Å². The Bertz CT molecular complexity index is 1510. The molecule has 0 radical (unpaired) electrons. The summed E-state index contributed by atoms with van der Waals surface area (Å²) in [5, 5.41) is 0. The summed E-state index contributed by atoms with van der Waals surface area (Å²) in [5.41, 5.74) is 0. The summed E-state index contributed by atoms with van der Waals surface area (Å²) in [5.74, 6) is -0.770. The van der Waals surface area contributed by atoms with Crippen molar-refractivity contribution < 1.29 is 42.1 Å². The summed E-state index contributed by atoms with van der Waals surface area (Å²) in [6, 6.07) is 0. The van der Waals surface area contributed by atoms with Crippen LogP contribution in [0.5, 0.6) is 0 Å². The Hall–Kier alpha value is -1.51. The third-order valence-electron chi connectivity index (χ3n) is 17.7. The molecule has 1 N–H and O–H groups in total. The van der Waals surface area contributed by atoms with Crippen LogP contribution in [0.25, 0.3) is 0 Å². The van der Waals surface area contributed by atoms with Crippen molar-refractivity contribution in [2.24, 2.45) is 0 Å². The van der Waals surface area contributed by atoms with Gasteiger partial charge in [-0.15, -0.1) is 0 Å². The topological polar surface area (TPSA) is 108 Å². The van der Waals surface area contributed by atoms with Crippen LogP contribution >= 0.6 is 7.82 Å². The molecule has 87 heavy (non-hydrogen) atoms. The number of quaternary nitrogens is 1. The van der Waals surface area contributed by atoms with E-state index in [1.165, 1.54) is 334 Å². The molecule has 0 saturated carbocycles. The molecule has 10 heteroatoms. The van der Waals surface area contributed by atoms with Gasteiger partial charge in [0.2, 0.25) is 0 Å². The zero-order valence-electron chi connectivity index (χ0n) is 59.0. The third-order valence-corrected chi connectivity index (χ3v) is 18.7. The SMILES string of the molecule is CCCCCCC/C=C\C/C=C\CCCCCCCCCCCCCCCCCCCCCC(=O)OC(COC(=O)CCCCCCCCCCCCCCCCCCCCCCCCCCCCCCCCCC)COP(=O)(O)OCC[N+](C)(C)C. The van der Waals surface area contributed by atoms with Crippen LogP contribution in [0.3, 0.4) is 0 Å². The maximum Gasteiger partial charge on any atom is 0.472 e. The minimum absolute atomic E-state index is 0.0359. The number of ether oxygens (including phenoxy) is 2. The molecule has 2 unspecified atom stereocenters. The van der Waals surface area contributed by atoms with Gasteiger partial charge in [-0.3, -0.25) is 18.6 Å². The molecule has 0 fully saturated rings. The van der Waals surface area contributed by atoms with E-state index in [2.05, 4.69) is 38.2 Å². The molecule has 0 aromatic heterocycles. The van der Waals surface area contributed by atoms with E-state index in [4.69, 9.17) is 18.5 Å². The van der Waals surface area contributed by atoms with Gasteiger partial charge in [0.25, 0.3) is 0 Å². The van der Waals surface area contributed by atoms with Gasteiger partial charge in [0.15, 0.2) is 6.10 Å². The van der Waals surface area contributed by atoms with Crippen LogP contribution in [0, 0.1) is 0 Å². The fourth-order valence-electron chi connectivity index (χ4n) is 11.8. The van der Waals surface area contributed by atoms with Gasteiger partial charge in [-0.2, -0.15) is 0 Å². The summed E-state index contributed by atoms with van der Waals surface area (Å²) >= 11 is 0. The molecule has 0 saturated heterocycles. The molecule has 0 rings (SSSR count). The van der Waals surface area contributed by atoms with Crippen LogP contribution in [0.4, 0.5) is 0 Å². The molecule has 0 heterocycles. The van der Waals surface area contributed by atoms with Crippen LogP contribution in [0.2, 0.25) is 0 Å². The standard InChI is InChI=1S/C77H150NO8P/c1-6-8-10-12-14-16-18-20-22-24-26-28-30-32-34-36-38-40-41-43-45-47-49-51-53-55-57-59-61-63-65-67-69-76(79)83-73-75(74-85-87(81,82)84-72-71-78(3,4)5)86-77(80)70-68-66-64-62-60-58-56-54-52-50-48-46-44-42-39-37-35-33-31-29-27-25-23-21-19-17-15-13-11-9-7-2/h19,21,25,27,75H,6-18,20,22-24,26,28-74H2,1-5H3/p+1/b21-19-,27-25-. The van der Waals surface area contributed by atoms with Crippen LogP contribution in [0.15, 0.2) is 24.3 Å². The van der Waals surface area contributed by atoms with E-state index in [-0.39, 0.29) is 25.6 Å². The first-order valence-corrected chi connectivity index (χ1v) is 40.1. The Morgan fingerprint density at radius 2 is 0.621 bits per heavy atom. The average molecular weight is 1250 g/mol. The highest BCUT2D eigenvalue weighted by molar-refractivity contribution is 7.47. The van der Waals surface area contributed by atoms with Crippen LogP contribution in [0.1, 0.15) is 406 Å². The number of esters is 2. The van der Waals surface area contributed by atoms with Gasteiger partial charge in [0, 0.05) is 12.8 Å². The minimum Gasteiger partial charge on any atom is -0.462 e. The van der Waals surface area contributed by atoms with Gasteiger partial charge in [-0.1, -0.05) is 372 Å². The maximum absolute atomic E-state index is 12.9. The minimum atomic E-state index is -4.39. The van der Waals surface area contributed by atoms with Gasteiger partial charge in [0.1, 0.15) is 19.8 Å². The fourth-order valence-corrected chi connectivity index (χ4v) is 12.6. The highest BCUT2D eigenvalue weighted by Crippen LogP contribution is 2.43. The summed E-state index contributed by atoms with van der Waals surface area (Å²) in [4.78, 5) is 35.9. The first-order chi connectivity index (χ1) is 42.5. The quantitative estimate of drug-likeness (QED) is 0.0211. The van der Waals surface area contributed by atoms with Crippen molar-refractivity contribution in [3.8, 4) is 0 Å². The zero-order chi connectivity index (χ0) is 63.4. The van der Waals surface area contributed by atoms with E-state index >= 15 is 0 Å². The van der Waals surface area contributed by atoms with E-state index in [1.807, 2.05) is 21.1 Å². The Kier molecular flexibility index (Phi) is 67.7. The molecule has 0 spiro atoms. The van der Waals surface area contributed by atoms with Crippen molar-refractivity contribution in [1.82, 2.24) is 0 Å². The molecular weight excluding hydrogens is 1100 g/mol. The highest BCUT2D eigenvalue weighted by Gasteiger charge is 2.27. The van der Waals surface area contributed by atoms with E-state index in [1.54, 1.807) is 0 Å². The number of carbonyl (C=O) groups excluding carboxylic acids is 2. The molecule has 516 valence electrons. The van der Waals surface area contributed by atoms with E-state index in [0.29, 0.717) is 23.9 Å². The number of rotatable bonds is 73. The number of phosphoric acid groups is 1. The lowest BCUT2D eigenvalue weighted by atomic mass is 10.0. The van der Waals surface area contributed by atoms with Gasteiger partial charge in [-0.25, -0.2) is 4.57 Å². The molecule has 0 aliphatic carbocycles. The second-order valence-electron chi connectivity index (χ2n) is 27.8. The molecule has 0 amide bonds. The van der Waals surface area contributed by atoms with Crippen molar-refractivity contribution in [2.75, 3.05) is 47.5 Å². The lowest BCUT2D eigenvalue weighted by Crippen LogP contribution is -2.37. The molecule has 0 bridgehead atoms.